The van der Waals surface area contributed by atoms with Crippen molar-refractivity contribution in [1.82, 2.24) is 9.97 Å². The van der Waals surface area contributed by atoms with Gasteiger partial charge in [0.15, 0.2) is 11.5 Å². The van der Waals surface area contributed by atoms with Crippen LogP contribution >= 0.6 is 0 Å². The summed E-state index contributed by atoms with van der Waals surface area (Å²) >= 11 is 0. The van der Waals surface area contributed by atoms with Gasteiger partial charge in [-0.1, -0.05) is 0 Å². The third-order valence-corrected chi connectivity index (χ3v) is 2.63. The van der Waals surface area contributed by atoms with Crippen LogP contribution in [-0.2, 0) is 4.74 Å². The number of carboxylic acid groups (broad SMARTS) is 1. The summed E-state index contributed by atoms with van der Waals surface area (Å²) in [7, 11) is 0. The van der Waals surface area contributed by atoms with Crippen LogP contribution in [0.1, 0.15) is 23.8 Å². The standard InChI is InChI=1S/C11H15N3O3/c1-8-7-14(5-2-6-17-8)10-9(11(15)16)12-3-4-13-10/h3-4,8H,2,5-7H2,1H3,(H,15,16). The number of ether oxygens (including phenoxy) is 1. The normalized spacial score (nSPS) is 21.0. The molecule has 6 nitrogen and oxygen atoms in total. The first-order valence-corrected chi connectivity index (χ1v) is 5.59. The Morgan fingerprint density at radius 2 is 2.29 bits per heavy atom. The lowest BCUT2D eigenvalue weighted by Crippen LogP contribution is -2.32. The number of rotatable bonds is 2. The molecule has 1 aliphatic rings. The van der Waals surface area contributed by atoms with Gasteiger partial charge in [-0.3, -0.25) is 0 Å². The summed E-state index contributed by atoms with van der Waals surface area (Å²) in [5.41, 5.74) is 0.00148. The van der Waals surface area contributed by atoms with E-state index in [1.807, 2.05) is 11.8 Å². The van der Waals surface area contributed by atoms with Crippen LogP contribution in [0.3, 0.4) is 0 Å². The molecule has 1 atom stereocenters. The Balaban J connectivity index is 2.28. The van der Waals surface area contributed by atoms with Crippen LogP contribution in [0, 0.1) is 0 Å². The van der Waals surface area contributed by atoms with Gasteiger partial charge in [-0.2, -0.15) is 0 Å². The third kappa shape index (κ3) is 2.71. The maximum Gasteiger partial charge on any atom is 0.358 e. The van der Waals surface area contributed by atoms with Crippen molar-refractivity contribution in [2.45, 2.75) is 19.4 Å². The fourth-order valence-electron chi connectivity index (χ4n) is 1.90. The van der Waals surface area contributed by atoms with Gasteiger partial charge >= 0.3 is 5.97 Å². The van der Waals surface area contributed by atoms with E-state index in [0.717, 1.165) is 13.0 Å². The molecule has 2 heterocycles. The zero-order valence-electron chi connectivity index (χ0n) is 9.67. The van der Waals surface area contributed by atoms with Gasteiger partial charge in [-0.05, 0) is 13.3 Å². The summed E-state index contributed by atoms with van der Waals surface area (Å²) in [6.45, 7) is 4.04. The van der Waals surface area contributed by atoms with Gasteiger partial charge in [-0.25, -0.2) is 14.8 Å². The van der Waals surface area contributed by atoms with Gasteiger partial charge in [0, 0.05) is 32.1 Å². The number of nitrogens with zero attached hydrogens (tertiary/aromatic N) is 3. The molecule has 1 aromatic heterocycles. The topological polar surface area (TPSA) is 75.6 Å². The summed E-state index contributed by atoms with van der Waals surface area (Å²) in [6.07, 6.45) is 3.84. The maximum absolute atomic E-state index is 11.1. The lowest BCUT2D eigenvalue weighted by atomic mass is 10.3. The molecule has 17 heavy (non-hydrogen) atoms. The van der Waals surface area contributed by atoms with E-state index in [9.17, 15) is 4.79 Å². The van der Waals surface area contributed by atoms with Crippen LogP contribution < -0.4 is 4.90 Å². The minimum absolute atomic E-state index is 0.00148. The second kappa shape index (κ2) is 5.09. The highest BCUT2D eigenvalue weighted by molar-refractivity contribution is 5.90. The minimum atomic E-state index is -1.05. The monoisotopic (exact) mass is 237 g/mol. The summed E-state index contributed by atoms with van der Waals surface area (Å²) < 4.78 is 5.52. The fraction of sp³-hybridized carbons (Fsp3) is 0.545. The van der Waals surface area contributed by atoms with Crippen molar-refractivity contribution < 1.29 is 14.6 Å². The lowest BCUT2D eigenvalue weighted by Gasteiger charge is -2.23. The summed E-state index contributed by atoms with van der Waals surface area (Å²) in [5, 5.41) is 9.07. The Morgan fingerprint density at radius 3 is 3.06 bits per heavy atom. The molecule has 0 radical (unpaired) electrons. The van der Waals surface area contributed by atoms with Crippen LogP contribution in [0.2, 0.25) is 0 Å². The molecule has 92 valence electrons. The number of carbonyl (C=O) groups is 1. The van der Waals surface area contributed by atoms with Crippen molar-refractivity contribution in [2.24, 2.45) is 0 Å². The molecule has 2 rings (SSSR count). The van der Waals surface area contributed by atoms with Crippen molar-refractivity contribution in [2.75, 3.05) is 24.6 Å². The zero-order chi connectivity index (χ0) is 12.3. The molecule has 1 N–H and O–H groups in total. The van der Waals surface area contributed by atoms with Gasteiger partial charge in [0.25, 0.3) is 0 Å². The highest BCUT2D eigenvalue weighted by Gasteiger charge is 2.22. The molecule has 0 saturated carbocycles. The van der Waals surface area contributed by atoms with Crippen molar-refractivity contribution in [3.63, 3.8) is 0 Å². The first-order valence-electron chi connectivity index (χ1n) is 5.59. The first kappa shape index (κ1) is 11.8. The van der Waals surface area contributed by atoms with E-state index >= 15 is 0 Å². The highest BCUT2D eigenvalue weighted by atomic mass is 16.5. The van der Waals surface area contributed by atoms with Gasteiger partial charge in [0.2, 0.25) is 0 Å². The Morgan fingerprint density at radius 1 is 1.53 bits per heavy atom. The average Bonchev–Trinajstić information content (AvgIpc) is 2.54. The van der Waals surface area contributed by atoms with E-state index in [-0.39, 0.29) is 11.8 Å². The number of aromatic carboxylic acids is 1. The van der Waals surface area contributed by atoms with Crippen molar-refractivity contribution >= 4 is 11.8 Å². The minimum Gasteiger partial charge on any atom is -0.476 e. The predicted octanol–water partition coefficient (Wildman–Crippen LogP) is 0.790. The van der Waals surface area contributed by atoms with E-state index in [4.69, 9.17) is 9.84 Å². The van der Waals surface area contributed by atoms with Gasteiger partial charge < -0.3 is 14.7 Å². The molecule has 0 aliphatic carbocycles. The molecule has 6 heteroatoms. The lowest BCUT2D eigenvalue weighted by molar-refractivity contribution is 0.0689. The smallest absolute Gasteiger partial charge is 0.358 e. The predicted molar refractivity (Wildman–Crippen MR) is 61.2 cm³/mol. The summed E-state index contributed by atoms with van der Waals surface area (Å²) in [6, 6.07) is 0. The first-order chi connectivity index (χ1) is 8.18. The number of hydrogen-bond donors (Lipinski definition) is 1. The molecule has 0 bridgehead atoms. The molecular formula is C11H15N3O3. The quantitative estimate of drug-likeness (QED) is 0.819. The van der Waals surface area contributed by atoms with Gasteiger partial charge in [-0.15, -0.1) is 0 Å². The SMILES string of the molecule is CC1CN(c2nccnc2C(=O)O)CCCO1. The third-order valence-electron chi connectivity index (χ3n) is 2.63. The molecule has 0 spiro atoms. The van der Waals surface area contributed by atoms with E-state index in [2.05, 4.69) is 9.97 Å². The van der Waals surface area contributed by atoms with Crippen LogP contribution in [0.25, 0.3) is 0 Å². The Hall–Kier alpha value is -1.69. The molecular weight excluding hydrogens is 222 g/mol. The molecule has 1 unspecified atom stereocenters. The molecule has 1 saturated heterocycles. The average molecular weight is 237 g/mol. The molecule has 1 fully saturated rings. The molecule has 1 aliphatic heterocycles. The molecule has 0 aromatic carbocycles. The Labute approximate surface area is 99.2 Å². The second-order valence-corrected chi connectivity index (χ2v) is 4.01. The Kier molecular flexibility index (Phi) is 3.53. The van der Waals surface area contributed by atoms with Crippen LogP contribution in [0.4, 0.5) is 5.82 Å². The van der Waals surface area contributed by atoms with Gasteiger partial charge in [0.1, 0.15) is 0 Å². The van der Waals surface area contributed by atoms with Gasteiger partial charge in [0.05, 0.1) is 6.10 Å². The maximum atomic E-state index is 11.1. The van der Waals surface area contributed by atoms with E-state index in [0.29, 0.717) is 19.0 Å². The highest BCUT2D eigenvalue weighted by Crippen LogP contribution is 2.18. The van der Waals surface area contributed by atoms with E-state index in [1.54, 1.807) is 0 Å². The van der Waals surface area contributed by atoms with Crippen molar-refractivity contribution in [1.29, 1.82) is 0 Å². The second-order valence-electron chi connectivity index (χ2n) is 4.01. The summed E-state index contributed by atoms with van der Waals surface area (Å²) in [5.74, 6) is -0.622. The van der Waals surface area contributed by atoms with Crippen LogP contribution in [-0.4, -0.2) is 46.8 Å². The number of aromatic nitrogens is 2. The largest absolute Gasteiger partial charge is 0.476 e. The van der Waals surface area contributed by atoms with Crippen LogP contribution in [0.5, 0.6) is 0 Å². The van der Waals surface area contributed by atoms with E-state index in [1.165, 1.54) is 12.4 Å². The number of hydrogen-bond acceptors (Lipinski definition) is 5. The van der Waals surface area contributed by atoms with Crippen molar-refractivity contribution in [3.05, 3.63) is 18.1 Å². The zero-order valence-corrected chi connectivity index (χ0v) is 9.67. The fourth-order valence-corrected chi connectivity index (χ4v) is 1.90. The van der Waals surface area contributed by atoms with Crippen LogP contribution in [0.15, 0.2) is 12.4 Å². The number of anilines is 1. The summed E-state index contributed by atoms with van der Waals surface area (Å²) in [4.78, 5) is 21.0. The molecule has 0 amide bonds. The van der Waals surface area contributed by atoms with E-state index < -0.39 is 5.97 Å². The van der Waals surface area contributed by atoms with Crippen molar-refractivity contribution in [3.8, 4) is 0 Å². The Bertz CT molecular complexity index is 411. The molecule has 1 aromatic rings. The number of carboxylic acids is 1.